The summed E-state index contributed by atoms with van der Waals surface area (Å²) in [5.74, 6) is -0.0635. The Hall–Kier alpha value is -3.48. The molecule has 0 aliphatic heterocycles. The summed E-state index contributed by atoms with van der Waals surface area (Å²) in [5.41, 5.74) is 5.98. The number of benzene rings is 3. The van der Waals surface area contributed by atoms with Gasteiger partial charge in [-0.2, -0.15) is 0 Å². The second-order valence-corrected chi connectivity index (χ2v) is 7.97. The van der Waals surface area contributed by atoms with Crippen LogP contribution in [0.25, 0.3) is 11.1 Å². The van der Waals surface area contributed by atoms with Crippen molar-refractivity contribution >= 4 is 12.4 Å². The number of amides is 1. The monoisotopic (exact) mass is 431 g/mol. The van der Waals surface area contributed by atoms with Gasteiger partial charge in [0.25, 0.3) is 0 Å². The average molecular weight is 431 g/mol. The predicted octanol–water partition coefficient (Wildman–Crippen LogP) is 3.74. The van der Waals surface area contributed by atoms with Gasteiger partial charge in [-0.15, -0.1) is 0 Å². The molecule has 0 radical (unpaired) electrons. The molecule has 6 heteroatoms. The first kappa shape index (κ1) is 21.7. The first-order valence-corrected chi connectivity index (χ1v) is 10.5. The van der Waals surface area contributed by atoms with E-state index in [4.69, 9.17) is 4.74 Å². The number of aliphatic hydroxyl groups excluding tert-OH is 2. The lowest BCUT2D eigenvalue weighted by Gasteiger charge is -2.20. The Bertz CT molecular complexity index is 1100. The number of hydrogen-bond acceptors (Lipinski definition) is 5. The van der Waals surface area contributed by atoms with Gasteiger partial charge in [0.2, 0.25) is 0 Å². The summed E-state index contributed by atoms with van der Waals surface area (Å²) in [7, 11) is 0. The molecule has 6 nitrogen and oxygen atoms in total. The summed E-state index contributed by atoms with van der Waals surface area (Å²) in [6, 6.07) is 21.1. The van der Waals surface area contributed by atoms with Crippen molar-refractivity contribution in [3.05, 3.63) is 94.5 Å². The predicted molar refractivity (Wildman–Crippen MR) is 121 cm³/mol. The lowest BCUT2D eigenvalue weighted by molar-refractivity contribution is 0.0182. The summed E-state index contributed by atoms with van der Waals surface area (Å²) in [4.78, 5) is 23.5. The van der Waals surface area contributed by atoms with Crippen molar-refractivity contribution in [2.24, 2.45) is 0 Å². The van der Waals surface area contributed by atoms with Gasteiger partial charge in [0.15, 0.2) is 0 Å². The van der Waals surface area contributed by atoms with Crippen molar-refractivity contribution in [3.8, 4) is 11.1 Å². The van der Waals surface area contributed by atoms with Crippen molar-refractivity contribution < 1.29 is 24.5 Å². The molecule has 0 aromatic heterocycles. The number of hydrogen-bond donors (Lipinski definition) is 3. The lowest BCUT2D eigenvalue weighted by atomic mass is 9.97. The van der Waals surface area contributed by atoms with Crippen molar-refractivity contribution in [3.63, 3.8) is 0 Å². The fourth-order valence-corrected chi connectivity index (χ4v) is 4.22. The summed E-state index contributed by atoms with van der Waals surface area (Å²) >= 11 is 0. The number of carbonyl (C=O) groups excluding carboxylic acids is 2. The first-order chi connectivity index (χ1) is 15.5. The van der Waals surface area contributed by atoms with E-state index < -0.39 is 18.3 Å². The minimum Gasteiger partial charge on any atom is -0.449 e. The third kappa shape index (κ3) is 4.28. The van der Waals surface area contributed by atoms with E-state index in [0.717, 1.165) is 27.8 Å². The number of ether oxygens (including phenoxy) is 1. The zero-order valence-electron chi connectivity index (χ0n) is 17.7. The maximum atomic E-state index is 12.3. The van der Waals surface area contributed by atoms with Gasteiger partial charge in [0.05, 0.1) is 0 Å². The summed E-state index contributed by atoms with van der Waals surface area (Å²) in [6.07, 6.45) is -2.66. The molecule has 0 spiro atoms. The number of aldehydes is 1. The molecule has 1 aliphatic rings. The van der Waals surface area contributed by atoms with Crippen LogP contribution in [0.3, 0.4) is 0 Å². The van der Waals surface area contributed by atoms with Crippen LogP contribution in [0.2, 0.25) is 0 Å². The van der Waals surface area contributed by atoms with Crippen LogP contribution in [-0.2, 0) is 4.74 Å². The molecule has 0 saturated carbocycles. The molecule has 3 N–H and O–H groups in total. The number of fused-ring (bicyclic) bond motifs is 3. The number of alkyl carbamates (subject to hydrolysis) is 1. The molecule has 3 aromatic rings. The van der Waals surface area contributed by atoms with Gasteiger partial charge < -0.3 is 20.3 Å². The maximum absolute atomic E-state index is 12.3. The van der Waals surface area contributed by atoms with Crippen LogP contribution < -0.4 is 5.32 Å². The Morgan fingerprint density at radius 3 is 2.28 bits per heavy atom. The smallest absolute Gasteiger partial charge is 0.407 e. The molecule has 0 saturated heterocycles. The van der Waals surface area contributed by atoms with Crippen molar-refractivity contribution in [1.82, 2.24) is 5.32 Å². The molecule has 0 heterocycles. The number of aryl methyl sites for hydroxylation is 1. The topological polar surface area (TPSA) is 95.9 Å². The molecule has 0 fully saturated rings. The van der Waals surface area contributed by atoms with E-state index in [2.05, 4.69) is 17.4 Å². The summed E-state index contributed by atoms with van der Waals surface area (Å²) in [5, 5.41) is 23.2. The van der Waals surface area contributed by atoms with Crippen LogP contribution >= 0.6 is 0 Å². The molecule has 164 valence electrons. The number of rotatable bonds is 7. The number of carbonyl (C=O) groups is 2. The second-order valence-electron chi connectivity index (χ2n) is 7.97. The molecule has 2 unspecified atom stereocenters. The number of nitrogens with one attached hydrogen (secondary N) is 1. The van der Waals surface area contributed by atoms with E-state index in [0.29, 0.717) is 17.4 Å². The average Bonchev–Trinajstić information content (AvgIpc) is 3.14. The van der Waals surface area contributed by atoms with Crippen LogP contribution in [0, 0.1) is 6.92 Å². The molecule has 1 amide bonds. The van der Waals surface area contributed by atoms with E-state index in [9.17, 15) is 19.8 Å². The molecule has 1 aliphatic carbocycles. The minimum absolute atomic E-state index is 0.0635. The van der Waals surface area contributed by atoms with Crippen molar-refractivity contribution in [1.29, 1.82) is 0 Å². The molecule has 0 bridgehead atoms. The highest BCUT2D eigenvalue weighted by atomic mass is 16.5. The van der Waals surface area contributed by atoms with Gasteiger partial charge in [0, 0.05) is 18.0 Å². The zero-order chi connectivity index (χ0) is 22.7. The third-order valence-electron chi connectivity index (χ3n) is 5.85. The van der Waals surface area contributed by atoms with E-state index in [1.54, 1.807) is 18.2 Å². The van der Waals surface area contributed by atoms with E-state index >= 15 is 0 Å². The van der Waals surface area contributed by atoms with Crippen molar-refractivity contribution in [2.45, 2.75) is 25.0 Å². The lowest BCUT2D eigenvalue weighted by Crippen LogP contribution is -2.36. The SMILES string of the molecule is Cc1ccc(C(O)C(O)CNC(=O)OCC2c3ccccc3-c3ccccc32)c(C=O)c1. The Labute approximate surface area is 186 Å². The zero-order valence-corrected chi connectivity index (χ0v) is 17.7. The fourth-order valence-electron chi connectivity index (χ4n) is 4.22. The number of aliphatic hydroxyl groups is 2. The van der Waals surface area contributed by atoms with Gasteiger partial charge >= 0.3 is 6.09 Å². The van der Waals surface area contributed by atoms with E-state index in [1.165, 1.54) is 0 Å². The molecular weight excluding hydrogens is 406 g/mol. The Morgan fingerprint density at radius 2 is 1.66 bits per heavy atom. The molecule has 4 rings (SSSR count). The van der Waals surface area contributed by atoms with Gasteiger partial charge in [-0.1, -0.05) is 66.2 Å². The Balaban J connectivity index is 1.36. The summed E-state index contributed by atoms with van der Waals surface area (Å²) in [6.45, 7) is 1.77. The highest BCUT2D eigenvalue weighted by Gasteiger charge is 2.29. The van der Waals surface area contributed by atoms with Crippen LogP contribution in [-0.4, -0.2) is 41.8 Å². The second kappa shape index (κ2) is 9.34. The van der Waals surface area contributed by atoms with E-state index in [-0.39, 0.29) is 19.1 Å². The van der Waals surface area contributed by atoms with Crippen LogP contribution in [0.4, 0.5) is 4.79 Å². The molecule has 2 atom stereocenters. The maximum Gasteiger partial charge on any atom is 0.407 e. The normalized spacial score (nSPS) is 14.2. The van der Waals surface area contributed by atoms with Crippen LogP contribution in [0.5, 0.6) is 0 Å². The molecular formula is C26H25NO5. The quantitative estimate of drug-likeness (QED) is 0.496. The van der Waals surface area contributed by atoms with Gasteiger partial charge in [-0.05, 0) is 40.8 Å². The molecule has 32 heavy (non-hydrogen) atoms. The van der Waals surface area contributed by atoms with Gasteiger partial charge in [0.1, 0.15) is 25.1 Å². The Kier molecular flexibility index (Phi) is 6.35. The van der Waals surface area contributed by atoms with Gasteiger partial charge in [-0.25, -0.2) is 4.79 Å². The van der Waals surface area contributed by atoms with Crippen LogP contribution in [0.1, 0.15) is 44.6 Å². The minimum atomic E-state index is -1.32. The molecule has 3 aromatic carbocycles. The largest absolute Gasteiger partial charge is 0.449 e. The highest BCUT2D eigenvalue weighted by Crippen LogP contribution is 2.44. The van der Waals surface area contributed by atoms with Crippen LogP contribution in [0.15, 0.2) is 66.7 Å². The fraction of sp³-hybridized carbons (Fsp3) is 0.231. The van der Waals surface area contributed by atoms with Gasteiger partial charge in [-0.3, -0.25) is 4.79 Å². The third-order valence-corrected chi connectivity index (χ3v) is 5.85. The highest BCUT2D eigenvalue weighted by molar-refractivity contribution is 5.79. The first-order valence-electron chi connectivity index (χ1n) is 10.5. The summed E-state index contributed by atoms with van der Waals surface area (Å²) < 4.78 is 5.44. The standard InChI is InChI=1S/C26H25NO5/c1-16-10-11-18(17(12-16)14-28)25(30)24(29)13-27-26(31)32-15-23-21-8-4-2-6-19(21)20-7-3-5-9-22(20)23/h2-12,14,23-25,29-30H,13,15H2,1H3,(H,27,31). The Morgan fingerprint density at radius 1 is 1.03 bits per heavy atom. The van der Waals surface area contributed by atoms with E-state index in [1.807, 2.05) is 43.3 Å². The van der Waals surface area contributed by atoms with Crippen molar-refractivity contribution in [2.75, 3.05) is 13.2 Å².